The summed E-state index contributed by atoms with van der Waals surface area (Å²) in [6.07, 6.45) is 0. The molecule has 0 bridgehead atoms. The summed E-state index contributed by atoms with van der Waals surface area (Å²) >= 11 is 1.11. The minimum absolute atomic E-state index is 0.198. The van der Waals surface area contributed by atoms with Gasteiger partial charge in [-0.25, -0.2) is 0 Å². The second kappa shape index (κ2) is 10.2. The Bertz CT molecular complexity index is 1290. The Hall–Kier alpha value is -4.11. The van der Waals surface area contributed by atoms with Crippen LogP contribution in [0.15, 0.2) is 84.0 Å². The summed E-state index contributed by atoms with van der Waals surface area (Å²) < 4.78 is 7.05. The number of methoxy groups -OCH3 is 1. The summed E-state index contributed by atoms with van der Waals surface area (Å²) in [6.45, 7) is 1.60. The van der Waals surface area contributed by atoms with E-state index in [1.165, 1.54) is 0 Å². The summed E-state index contributed by atoms with van der Waals surface area (Å²) in [6, 6.07) is 23.6. The fraction of sp³-hybridized carbons (Fsp3) is 0.120. The molecule has 0 fully saturated rings. The maximum Gasteiger partial charge on any atom is 0.316 e. The number of hydrogen-bond donors (Lipinski definition) is 2. The number of hydrogen-bond acceptors (Lipinski definition) is 6. The zero-order valence-corrected chi connectivity index (χ0v) is 19.3. The van der Waals surface area contributed by atoms with Gasteiger partial charge < -0.3 is 15.2 Å². The highest BCUT2D eigenvalue weighted by atomic mass is 32.2. The molecule has 4 aromatic rings. The molecule has 0 spiro atoms. The SMILES string of the molecule is COc1ccc(-n2c(S[C@H](C)C(=O)O)nnc2-c2ccc(NC(=O)c3ccccc3)cc2)cc1. The molecule has 4 rings (SSSR count). The smallest absolute Gasteiger partial charge is 0.316 e. The molecule has 1 heterocycles. The number of amides is 1. The molecule has 0 saturated carbocycles. The van der Waals surface area contributed by atoms with Crippen LogP contribution >= 0.6 is 11.8 Å². The number of carbonyl (C=O) groups is 2. The Morgan fingerprint density at radius 3 is 2.26 bits per heavy atom. The quantitative estimate of drug-likeness (QED) is 0.355. The van der Waals surface area contributed by atoms with Crippen LogP contribution in [0.1, 0.15) is 17.3 Å². The molecule has 8 nitrogen and oxygen atoms in total. The molecular weight excluding hydrogens is 452 g/mol. The predicted octanol–water partition coefficient (Wildman–Crippen LogP) is 4.76. The Kier molecular flexibility index (Phi) is 6.93. The minimum atomic E-state index is -0.936. The van der Waals surface area contributed by atoms with Crippen LogP contribution in [0.25, 0.3) is 17.1 Å². The Balaban J connectivity index is 1.65. The summed E-state index contributed by atoms with van der Waals surface area (Å²) in [5.74, 6) is 0.113. The van der Waals surface area contributed by atoms with Crippen LogP contribution in [0.4, 0.5) is 5.69 Å². The van der Waals surface area contributed by atoms with Gasteiger partial charge in [-0.05, 0) is 67.6 Å². The topological polar surface area (TPSA) is 106 Å². The first kappa shape index (κ1) is 23.1. The van der Waals surface area contributed by atoms with Crippen molar-refractivity contribution in [1.82, 2.24) is 14.8 Å². The van der Waals surface area contributed by atoms with Crippen molar-refractivity contribution in [1.29, 1.82) is 0 Å². The highest BCUT2D eigenvalue weighted by Gasteiger charge is 2.21. The van der Waals surface area contributed by atoms with E-state index < -0.39 is 11.2 Å². The lowest BCUT2D eigenvalue weighted by molar-refractivity contribution is -0.136. The van der Waals surface area contributed by atoms with Gasteiger partial charge in [0.05, 0.1) is 7.11 Å². The number of benzene rings is 3. The first-order chi connectivity index (χ1) is 16.5. The molecule has 0 aliphatic rings. The Labute approximate surface area is 200 Å². The van der Waals surface area contributed by atoms with E-state index in [4.69, 9.17) is 4.74 Å². The van der Waals surface area contributed by atoms with Crippen LogP contribution in [0.5, 0.6) is 5.75 Å². The molecule has 1 aromatic heterocycles. The molecule has 0 saturated heterocycles. The van der Waals surface area contributed by atoms with Crippen LogP contribution in [-0.4, -0.2) is 44.1 Å². The fourth-order valence-electron chi connectivity index (χ4n) is 3.20. The third kappa shape index (κ3) is 5.10. The molecule has 1 amide bonds. The third-order valence-electron chi connectivity index (χ3n) is 5.03. The first-order valence-electron chi connectivity index (χ1n) is 10.4. The second-order valence-corrected chi connectivity index (χ2v) is 8.64. The number of carboxylic acid groups (broad SMARTS) is 1. The molecule has 34 heavy (non-hydrogen) atoms. The van der Waals surface area contributed by atoms with Gasteiger partial charge in [0.15, 0.2) is 11.0 Å². The maximum absolute atomic E-state index is 12.4. The van der Waals surface area contributed by atoms with Gasteiger partial charge in [0.2, 0.25) is 0 Å². The molecule has 1 atom stereocenters. The number of rotatable bonds is 8. The van der Waals surface area contributed by atoms with E-state index in [1.807, 2.05) is 54.6 Å². The molecule has 2 N–H and O–H groups in total. The third-order valence-corrected chi connectivity index (χ3v) is 6.06. The second-order valence-electron chi connectivity index (χ2n) is 7.34. The molecule has 9 heteroatoms. The van der Waals surface area contributed by atoms with Crippen molar-refractivity contribution in [3.8, 4) is 22.8 Å². The molecule has 3 aromatic carbocycles. The van der Waals surface area contributed by atoms with Gasteiger partial charge >= 0.3 is 5.97 Å². The van der Waals surface area contributed by atoms with E-state index >= 15 is 0 Å². The van der Waals surface area contributed by atoms with Crippen molar-refractivity contribution in [2.75, 3.05) is 12.4 Å². The molecular formula is C25H22N4O4S. The Morgan fingerprint density at radius 2 is 1.65 bits per heavy atom. The largest absolute Gasteiger partial charge is 0.497 e. The number of thioether (sulfide) groups is 1. The number of aliphatic carboxylic acids is 1. The van der Waals surface area contributed by atoms with Crippen LogP contribution < -0.4 is 10.1 Å². The van der Waals surface area contributed by atoms with Crippen molar-refractivity contribution in [3.05, 3.63) is 84.4 Å². The highest BCUT2D eigenvalue weighted by Crippen LogP contribution is 2.31. The van der Waals surface area contributed by atoms with E-state index in [0.29, 0.717) is 28.0 Å². The summed E-state index contributed by atoms with van der Waals surface area (Å²) in [7, 11) is 1.59. The summed E-state index contributed by atoms with van der Waals surface area (Å²) in [5, 5.41) is 20.6. The highest BCUT2D eigenvalue weighted by molar-refractivity contribution is 8.00. The number of nitrogens with one attached hydrogen (secondary N) is 1. The number of aromatic nitrogens is 3. The summed E-state index contributed by atoms with van der Waals surface area (Å²) in [5.41, 5.74) is 2.74. The van der Waals surface area contributed by atoms with Gasteiger partial charge in [-0.2, -0.15) is 0 Å². The van der Waals surface area contributed by atoms with Crippen molar-refractivity contribution in [2.24, 2.45) is 0 Å². The van der Waals surface area contributed by atoms with E-state index in [1.54, 1.807) is 42.9 Å². The number of carbonyl (C=O) groups excluding carboxylic acids is 1. The average molecular weight is 475 g/mol. The van der Waals surface area contributed by atoms with Crippen LogP contribution in [-0.2, 0) is 4.79 Å². The lowest BCUT2D eigenvalue weighted by Crippen LogP contribution is -2.13. The zero-order valence-electron chi connectivity index (χ0n) is 18.5. The average Bonchev–Trinajstić information content (AvgIpc) is 3.28. The number of carboxylic acids is 1. The van der Waals surface area contributed by atoms with E-state index in [0.717, 1.165) is 23.0 Å². The van der Waals surface area contributed by atoms with Gasteiger partial charge in [0.1, 0.15) is 11.0 Å². The van der Waals surface area contributed by atoms with Gasteiger partial charge in [-0.15, -0.1) is 10.2 Å². The minimum Gasteiger partial charge on any atom is -0.497 e. The first-order valence-corrected chi connectivity index (χ1v) is 11.3. The molecule has 0 aliphatic carbocycles. The van der Waals surface area contributed by atoms with Crippen molar-refractivity contribution < 1.29 is 19.4 Å². The van der Waals surface area contributed by atoms with E-state index in [2.05, 4.69) is 15.5 Å². The molecule has 172 valence electrons. The number of nitrogens with zero attached hydrogens (tertiary/aromatic N) is 3. The fourth-order valence-corrected chi connectivity index (χ4v) is 4.00. The molecule has 0 unspecified atom stereocenters. The van der Waals surface area contributed by atoms with Gasteiger partial charge in [-0.1, -0.05) is 30.0 Å². The van der Waals surface area contributed by atoms with E-state index in [-0.39, 0.29) is 5.91 Å². The van der Waals surface area contributed by atoms with Crippen LogP contribution in [0.3, 0.4) is 0 Å². The normalized spacial score (nSPS) is 11.6. The van der Waals surface area contributed by atoms with Crippen molar-refractivity contribution >= 4 is 29.3 Å². The lowest BCUT2D eigenvalue weighted by Gasteiger charge is -2.13. The van der Waals surface area contributed by atoms with Gasteiger partial charge in [0, 0.05) is 22.5 Å². The van der Waals surface area contributed by atoms with Crippen molar-refractivity contribution in [3.63, 3.8) is 0 Å². The van der Waals surface area contributed by atoms with Crippen LogP contribution in [0.2, 0.25) is 0 Å². The van der Waals surface area contributed by atoms with E-state index in [9.17, 15) is 14.7 Å². The maximum atomic E-state index is 12.4. The zero-order chi connectivity index (χ0) is 24.1. The van der Waals surface area contributed by atoms with Gasteiger partial charge in [-0.3, -0.25) is 14.2 Å². The number of ether oxygens (including phenoxy) is 1. The predicted molar refractivity (Wildman–Crippen MR) is 131 cm³/mol. The summed E-state index contributed by atoms with van der Waals surface area (Å²) in [4.78, 5) is 23.8. The van der Waals surface area contributed by atoms with Crippen LogP contribution in [0, 0.1) is 0 Å². The monoisotopic (exact) mass is 474 g/mol. The standard InChI is InChI=1S/C25H22N4O4S/c1-16(24(31)32)34-25-28-27-22(29(25)20-12-14-21(33-2)15-13-20)17-8-10-19(11-9-17)26-23(30)18-6-4-3-5-7-18/h3-16H,1-2H3,(H,26,30)(H,31,32)/t16-/m1/s1. The lowest BCUT2D eigenvalue weighted by atomic mass is 10.1. The Morgan fingerprint density at radius 1 is 0.971 bits per heavy atom. The number of anilines is 1. The van der Waals surface area contributed by atoms with Crippen molar-refractivity contribution in [2.45, 2.75) is 17.3 Å². The van der Waals surface area contributed by atoms with Gasteiger partial charge in [0.25, 0.3) is 5.91 Å². The molecule has 0 radical (unpaired) electrons. The molecule has 0 aliphatic heterocycles.